The van der Waals surface area contributed by atoms with Crippen molar-refractivity contribution in [1.82, 2.24) is 25.0 Å². The number of amides is 1. The van der Waals surface area contributed by atoms with E-state index in [0.717, 1.165) is 75.9 Å². The second-order valence-electron chi connectivity index (χ2n) is 7.59. The van der Waals surface area contributed by atoms with Crippen LogP contribution in [0.5, 0.6) is 0 Å². The Bertz CT molecular complexity index is 803. The van der Waals surface area contributed by atoms with Crippen LogP contribution in [0.3, 0.4) is 0 Å². The lowest BCUT2D eigenvalue weighted by atomic mass is 9.95. The summed E-state index contributed by atoms with van der Waals surface area (Å²) in [4.78, 5) is 17.2. The molecule has 7 heteroatoms. The van der Waals surface area contributed by atoms with E-state index in [0.29, 0.717) is 5.92 Å². The summed E-state index contributed by atoms with van der Waals surface area (Å²) in [6.45, 7) is 10.5. The summed E-state index contributed by atoms with van der Waals surface area (Å²) in [5.41, 5.74) is 1.95. The standard InChI is InChI=1S/C21H30N6O/c1-3-25(4-2)18-7-5-17(6-8-18)21(28)26-12-9-16(10-13-26)20-24-23-19-15-22-11-14-27(19)20/h5-8,16,22H,3-4,9-15H2,1-2H3. The zero-order chi connectivity index (χ0) is 19.5. The number of aromatic nitrogens is 3. The average Bonchev–Trinajstić information content (AvgIpc) is 3.19. The summed E-state index contributed by atoms with van der Waals surface area (Å²) in [6, 6.07) is 8.04. The summed E-state index contributed by atoms with van der Waals surface area (Å²) >= 11 is 0. The van der Waals surface area contributed by atoms with Crippen molar-refractivity contribution in [3.05, 3.63) is 41.5 Å². The van der Waals surface area contributed by atoms with Gasteiger partial charge in [0.15, 0.2) is 0 Å². The molecule has 1 amide bonds. The molecule has 1 aromatic heterocycles. The van der Waals surface area contributed by atoms with Gasteiger partial charge in [-0.1, -0.05) is 0 Å². The quantitative estimate of drug-likeness (QED) is 0.859. The molecule has 1 saturated heterocycles. The summed E-state index contributed by atoms with van der Waals surface area (Å²) in [5, 5.41) is 12.1. The van der Waals surface area contributed by atoms with Gasteiger partial charge >= 0.3 is 0 Å². The lowest BCUT2D eigenvalue weighted by molar-refractivity contribution is 0.0710. The van der Waals surface area contributed by atoms with Crippen molar-refractivity contribution < 1.29 is 4.79 Å². The molecule has 7 nitrogen and oxygen atoms in total. The maximum Gasteiger partial charge on any atom is 0.253 e. The number of rotatable bonds is 5. The Morgan fingerprint density at radius 3 is 2.50 bits per heavy atom. The highest BCUT2D eigenvalue weighted by atomic mass is 16.2. The van der Waals surface area contributed by atoms with Crippen molar-refractivity contribution in [3.63, 3.8) is 0 Å². The molecule has 0 saturated carbocycles. The van der Waals surface area contributed by atoms with Crippen molar-refractivity contribution >= 4 is 11.6 Å². The monoisotopic (exact) mass is 382 g/mol. The van der Waals surface area contributed by atoms with E-state index in [1.807, 2.05) is 17.0 Å². The fourth-order valence-corrected chi connectivity index (χ4v) is 4.34. The van der Waals surface area contributed by atoms with Crippen molar-refractivity contribution in [3.8, 4) is 0 Å². The molecule has 1 fully saturated rings. The predicted octanol–water partition coefficient (Wildman–Crippen LogP) is 2.25. The predicted molar refractivity (Wildman–Crippen MR) is 110 cm³/mol. The highest BCUT2D eigenvalue weighted by Gasteiger charge is 2.29. The minimum atomic E-state index is 0.136. The number of carbonyl (C=O) groups is 1. The Balaban J connectivity index is 1.38. The van der Waals surface area contributed by atoms with Crippen LogP contribution in [0.2, 0.25) is 0 Å². The van der Waals surface area contributed by atoms with Gasteiger partial charge in [0.25, 0.3) is 5.91 Å². The van der Waals surface area contributed by atoms with E-state index in [1.165, 1.54) is 5.69 Å². The van der Waals surface area contributed by atoms with Crippen LogP contribution < -0.4 is 10.2 Å². The van der Waals surface area contributed by atoms with Crippen LogP contribution >= 0.6 is 0 Å². The molecule has 150 valence electrons. The number of hydrogen-bond acceptors (Lipinski definition) is 5. The van der Waals surface area contributed by atoms with E-state index in [1.54, 1.807) is 0 Å². The smallest absolute Gasteiger partial charge is 0.253 e. The number of likely N-dealkylation sites (tertiary alicyclic amines) is 1. The van der Waals surface area contributed by atoms with Gasteiger partial charge in [0.2, 0.25) is 0 Å². The lowest BCUT2D eigenvalue weighted by Gasteiger charge is -2.32. The Labute approximate surface area is 166 Å². The first-order valence-electron chi connectivity index (χ1n) is 10.5. The number of piperidine rings is 1. The molecule has 2 aromatic rings. The Morgan fingerprint density at radius 2 is 1.82 bits per heavy atom. The topological polar surface area (TPSA) is 66.3 Å². The highest BCUT2D eigenvalue weighted by Crippen LogP contribution is 2.28. The summed E-state index contributed by atoms with van der Waals surface area (Å²) < 4.78 is 2.27. The number of fused-ring (bicyclic) bond motifs is 1. The molecular weight excluding hydrogens is 352 g/mol. The van der Waals surface area contributed by atoms with Gasteiger partial charge in [-0.3, -0.25) is 4.79 Å². The summed E-state index contributed by atoms with van der Waals surface area (Å²) in [5.74, 6) is 2.67. The van der Waals surface area contributed by atoms with Crippen molar-refractivity contribution in [2.24, 2.45) is 0 Å². The van der Waals surface area contributed by atoms with Crippen LogP contribution in [0.15, 0.2) is 24.3 Å². The normalized spacial score (nSPS) is 17.4. The first-order chi connectivity index (χ1) is 13.7. The van der Waals surface area contributed by atoms with Gasteiger partial charge in [-0.2, -0.15) is 0 Å². The van der Waals surface area contributed by atoms with E-state index >= 15 is 0 Å². The first kappa shape index (κ1) is 18.9. The molecule has 0 bridgehead atoms. The van der Waals surface area contributed by atoms with Crippen LogP contribution in [-0.4, -0.2) is 58.3 Å². The van der Waals surface area contributed by atoms with Crippen molar-refractivity contribution in [2.45, 2.75) is 45.7 Å². The van der Waals surface area contributed by atoms with E-state index in [2.05, 4.69) is 51.0 Å². The summed E-state index contributed by atoms with van der Waals surface area (Å²) in [7, 11) is 0. The van der Waals surface area contributed by atoms with Gasteiger partial charge < -0.3 is 19.7 Å². The van der Waals surface area contributed by atoms with Crippen LogP contribution in [0.25, 0.3) is 0 Å². The van der Waals surface area contributed by atoms with Crippen molar-refractivity contribution in [1.29, 1.82) is 0 Å². The zero-order valence-corrected chi connectivity index (χ0v) is 16.9. The van der Waals surface area contributed by atoms with Crippen LogP contribution in [0, 0.1) is 0 Å². The number of hydrogen-bond donors (Lipinski definition) is 1. The van der Waals surface area contributed by atoms with Crippen LogP contribution in [-0.2, 0) is 13.1 Å². The number of anilines is 1. The average molecular weight is 383 g/mol. The van der Waals surface area contributed by atoms with E-state index in [4.69, 9.17) is 0 Å². The molecule has 4 rings (SSSR count). The van der Waals surface area contributed by atoms with Gasteiger partial charge in [-0.05, 0) is 51.0 Å². The SMILES string of the molecule is CCN(CC)c1ccc(C(=O)N2CCC(c3nnc4n3CCNC4)CC2)cc1. The molecule has 0 atom stereocenters. The van der Waals surface area contributed by atoms with Gasteiger partial charge in [0.1, 0.15) is 11.6 Å². The third-order valence-corrected chi connectivity index (χ3v) is 6.04. The third kappa shape index (κ3) is 3.63. The van der Waals surface area contributed by atoms with Gasteiger partial charge in [-0.25, -0.2) is 0 Å². The summed E-state index contributed by atoms with van der Waals surface area (Å²) in [6.07, 6.45) is 1.91. The fraction of sp³-hybridized carbons (Fsp3) is 0.571. The van der Waals surface area contributed by atoms with E-state index in [9.17, 15) is 4.79 Å². The van der Waals surface area contributed by atoms with Crippen molar-refractivity contribution in [2.75, 3.05) is 37.6 Å². The molecule has 0 aliphatic carbocycles. The fourth-order valence-electron chi connectivity index (χ4n) is 4.34. The zero-order valence-electron chi connectivity index (χ0n) is 16.9. The van der Waals surface area contributed by atoms with Gasteiger partial charge in [0.05, 0.1) is 6.54 Å². The molecule has 1 aromatic carbocycles. The van der Waals surface area contributed by atoms with E-state index in [-0.39, 0.29) is 5.91 Å². The minimum Gasteiger partial charge on any atom is -0.372 e. The highest BCUT2D eigenvalue weighted by molar-refractivity contribution is 5.94. The molecule has 3 heterocycles. The largest absolute Gasteiger partial charge is 0.372 e. The van der Waals surface area contributed by atoms with Gasteiger partial charge in [-0.15, -0.1) is 10.2 Å². The molecule has 2 aliphatic heterocycles. The molecular formula is C21H30N6O. The second kappa shape index (κ2) is 8.31. The maximum atomic E-state index is 12.9. The number of nitrogens with one attached hydrogen (secondary N) is 1. The van der Waals surface area contributed by atoms with Gasteiger partial charge in [0, 0.05) is 56.4 Å². The molecule has 2 aliphatic rings. The molecule has 1 N–H and O–H groups in total. The first-order valence-corrected chi connectivity index (χ1v) is 10.5. The molecule has 0 unspecified atom stereocenters. The lowest BCUT2D eigenvalue weighted by Crippen LogP contribution is -2.39. The van der Waals surface area contributed by atoms with E-state index < -0.39 is 0 Å². The third-order valence-electron chi connectivity index (χ3n) is 6.04. The molecule has 0 radical (unpaired) electrons. The Hall–Kier alpha value is -2.41. The Morgan fingerprint density at radius 1 is 1.11 bits per heavy atom. The second-order valence-corrected chi connectivity index (χ2v) is 7.59. The molecule has 0 spiro atoms. The Kier molecular flexibility index (Phi) is 5.62. The molecule has 28 heavy (non-hydrogen) atoms. The minimum absolute atomic E-state index is 0.136. The maximum absolute atomic E-state index is 12.9. The number of carbonyl (C=O) groups excluding carboxylic acids is 1. The van der Waals surface area contributed by atoms with Crippen LogP contribution in [0.4, 0.5) is 5.69 Å². The number of benzene rings is 1. The van der Waals surface area contributed by atoms with Crippen LogP contribution in [0.1, 0.15) is 54.6 Å². The number of nitrogens with zero attached hydrogens (tertiary/aromatic N) is 5.